The molecule has 2 heteroatoms. The van der Waals surface area contributed by atoms with Crippen molar-refractivity contribution in [1.29, 1.82) is 0 Å². The summed E-state index contributed by atoms with van der Waals surface area (Å²) < 4.78 is 5.49. The normalized spacial score (nSPS) is 12.4. The molecule has 0 saturated carbocycles. The summed E-state index contributed by atoms with van der Waals surface area (Å²) in [6.07, 6.45) is 0.484. The summed E-state index contributed by atoms with van der Waals surface area (Å²) in [4.78, 5) is 11.1. The number of hydrogen-bond donors (Lipinski definition) is 0. The summed E-state index contributed by atoms with van der Waals surface area (Å²) >= 11 is 0. The summed E-state index contributed by atoms with van der Waals surface area (Å²) in [5.74, 6) is 0.100. The Balaban J connectivity index is 2.44. The smallest absolute Gasteiger partial charge is 0.158 e. The monoisotopic (exact) mass is 192 g/mol. The van der Waals surface area contributed by atoms with Crippen molar-refractivity contribution in [1.82, 2.24) is 0 Å². The van der Waals surface area contributed by atoms with Crippen molar-refractivity contribution >= 4 is 5.78 Å². The lowest BCUT2D eigenvalue weighted by Gasteiger charge is -2.12. The molecule has 0 spiro atoms. The molecule has 0 amide bonds. The second kappa shape index (κ2) is 5.55. The van der Waals surface area contributed by atoms with E-state index in [0.29, 0.717) is 6.61 Å². The van der Waals surface area contributed by atoms with E-state index in [2.05, 4.69) is 0 Å². The summed E-state index contributed by atoms with van der Waals surface area (Å²) in [6, 6.07) is 9.88. The minimum atomic E-state index is -0.254. The fourth-order valence-electron chi connectivity index (χ4n) is 1.29. The molecule has 0 unspecified atom stereocenters. The molecule has 0 heterocycles. The van der Waals surface area contributed by atoms with Crippen LogP contribution in [0.2, 0.25) is 0 Å². The van der Waals surface area contributed by atoms with Crippen molar-refractivity contribution in [3.63, 3.8) is 0 Å². The molecule has 1 aromatic rings. The van der Waals surface area contributed by atoms with E-state index in [-0.39, 0.29) is 11.9 Å². The van der Waals surface area contributed by atoms with Crippen LogP contribution < -0.4 is 0 Å². The highest BCUT2D eigenvalue weighted by atomic mass is 16.5. The summed E-state index contributed by atoms with van der Waals surface area (Å²) in [5.41, 5.74) is 1.10. The molecule has 1 rings (SSSR count). The Morgan fingerprint density at radius 3 is 2.50 bits per heavy atom. The molecule has 2 nitrogen and oxygen atoms in total. The van der Waals surface area contributed by atoms with Crippen molar-refractivity contribution in [3.05, 3.63) is 35.9 Å². The van der Waals surface area contributed by atoms with Gasteiger partial charge in [-0.05, 0) is 18.9 Å². The first kappa shape index (κ1) is 10.9. The van der Waals surface area contributed by atoms with E-state index in [1.807, 2.05) is 37.3 Å². The molecule has 76 valence electrons. The Labute approximate surface area is 84.9 Å². The molecule has 14 heavy (non-hydrogen) atoms. The SMILES string of the molecule is CC[C@H](OCc1ccccc1)C(C)=O. The van der Waals surface area contributed by atoms with Crippen LogP contribution in [0.3, 0.4) is 0 Å². The second-order valence-corrected chi connectivity index (χ2v) is 3.30. The lowest BCUT2D eigenvalue weighted by molar-refractivity contribution is -0.129. The molecule has 0 N–H and O–H groups in total. The number of hydrogen-bond acceptors (Lipinski definition) is 2. The van der Waals surface area contributed by atoms with E-state index in [0.717, 1.165) is 12.0 Å². The number of carbonyl (C=O) groups excluding carboxylic acids is 1. The van der Waals surface area contributed by atoms with Crippen LogP contribution in [0, 0.1) is 0 Å². The van der Waals surface area contributed by atoms with Crippen LogP contribution in [0.1, 0.15) is 25.8 Å². The predicted molar refractivity (Wildman–Crippen MR) is 56.0 cm³/mol. The quantitative estimate of drug-likeness (QED) is 0.716. The largest absolute Gasteiger partial charge is 0.366 e. The maximum Gasteiger partial charge on any atom is 0.158 e. The van der Waals surface area contributed by atoms with Gasteiger partial charge in [0, 0.05) is 0 Å². The Morgan fingerprint density at radius 2 is 2.00 bits per heavy atom. The van der Waals surface area contributed by atoms with Crippen LogP contribution in [0.5, 0.6) is 0 Å². The average molecular weight is 192 g/mol. The van der Waals surface area contributed by atoms with Gasteiger partial charge >= 0.3 is 0 Å². The first-order chi connectivity index (χ1) is 6.74. The van der Waals surface area contributed by atoms with Crippen LogP contribution in [0.15, 0.2) is 30.3 Å². The van der Waals surface area contributed by atoms with Gasteiger partial charge in [0.05, 0.1) is 6.61 Å². The van der Waals surface area contributed by atoms with Gasteiger partial charge in [-0.25, -0.2) is 0 Å². The first-order valence-electron chi connectivity index (χ1n) is 4.90. The van der Waals surface area contributed by atoms with E-state index >= 15 is 0 Å². The van der Waals surface area contributed by atoms with Crippen LogP contribution in [-0.2, 0) is 16.1 Å². The van der Waals surface area contributed by atoms with E-state index in [1.165, 1.54) is 0 Å². The van der Waals surface area contributed by atoms with Crippen LogP contribution >= 0.6 is 0 Å². The third-order valence-corrected chi connectivity index (χ3v) is 2.12. The molecule has 0 aromatic heterocycles. The van der Waals surface area contributed by atoms with E-state index in [1.54, 1.807) is 6.92 Å². The summed E-state index contributed by atoms with van der Waals surface area (Å²) in [7, 11) is 0. The van der Waals surface area contributed by atoms with Gasteiger partial charge in [0.1, 0.15) is 6.10 Å². The molecule has 0 aliphatic rings. The highest BCUT2D eigenvalue weighted by Gasteiger charge is 2.11. The zero-order chi connectivity index (χ0) is 10.4. The highest BCUT2D eigenvalue weighted by Crippen LogP contribution is 2.06. The fraction of sp³-hybridized carbons (Fsp3) is 0.417. The van der Waals surface area contributed by atoms with E-state index < -0.39 is 0 Å². The van der Waals surface area contributed by atoms with Gasteiger partial charge in [0.2, 0.25) is 0 Å². The number of ether oxygens (including phenoxy) is 1. The average Bonchev–Trinajstić information content (AvgIpc) is 2.20. The van der Waals surface area contributed by atoms with Crippen molar-refractivity contribution in [3.8, 4) is 0 Å². The molecule has 1 aromatic carbocycles. The van der Waals surface area contributed by atoms with Crippen LogP contribution in [0.4, 0.5) is 0 Å². The zero-order valence-corrected chi connectivity index (χ0v) is 8.69. The predicted octanol–water partition coefficient (Wildman–Crippen LogP) is 2.57. The number of carbonyl (C=O) groups is 1. The van der Waals surface area contributed by atoms with Crippen molar-refractivity contribution in [2.24, 2.45) is 0 Å². The molecular formula is C12H16O2. The molecule has 0 aliphatic carbocycles. The Bertz CT molecular complexity index is 280. The summed E-state index contributed by atoms with van der Waals surface area (Å²) in [5, 5.41) is 0. The van der Waals surface area contributed by atoms with Crippen LogP contribution in [-0.4, -0.2) is 11.9 Å². The minimum Gasteiger partial charge on any atom is -0.366 e. The molecule has 0 bridgehead atoms. The first-order valence-corrected chi connectivity index (χ1v) is 4.90. The number of benzene rings is 1. The van der Waals surface area contributed by atoms with Crippen LogP contribution in [0.25, 0.3) is 0 Å². The van der Waals surface area contributed by atoms with Crippen molar-refractivity contribution in [2.75, 3.05) is 0 Å². The molecule has 0 fully saturated rings. The Kier molecular flexibility index (Phi) is 4.33. The maximum absolute atomic E-state index is 11.1. The summed E-state index contributed by atoms with van der Waals surface area (Å²) in [6.45, 7) is 4.04. The van der Waals surface area contributed by atoms with Gasteiger partial charge < -0.3 is 4.74 Å². The standard InChI is InChI=1S/C12H16O2/c1-3-12(10(2)13)14-9-11-7-5-4-6-8-11/h4-8,12H,3,9H2,1-2H3/t12-/m0/s1. The van der Waals surface area contributed by atoms with E-state index in [9.17, 15) is 4.79 Å². The minimum absolute atomic E-state index is 0.100. The van der Waals surface area contributed by atoms with Gasteiger partial charge in [-0.3, -0.25) is 4.79 Å². The van der Waals surface area contributed by atoms with Gasteiger partial charge in [0.15, 0.2) is 5.78 Å². The number of Topliss-reactive ketones (excluding diaryl/α,β-unsaturated/α-hetero) is 1. The van der Waals surface area contributed by atoms with E-state index in [4.69, 9.17) is 4.74 Å². The Hall–Kier alpha value is -1.15. The van der Waals surface area contributed by atoms with Gasteiger partial charge in [-0.1, -0.05) is 37.3 Å². The lowest BCUT2D eigenvalue weighted by Crippen LogP contribution is -2.20. The maximum atomic E-state index is 11.1. The van der Waals surface area contributed by atoms with Gasteiger partial charge in [-0.15, -0.1) is 0 Å². The number of ketones is 1. The molecule has 0 saturated heterocycles. The van der Waals surface area contributed by atoms with Gasteiger partial charge in [0.25, 0.3) is 0 Å². The number of rotatable bonds is 5. The van der Waals surface area contributed by atoms with Gasteiger partial charge in [-0.2, -0.15) is 0 Å². The third-order valence-electron chi connectivity index (χ3n) is 2.12. The topological polar surface area (TPSA) is 26.3 Å². The second-order valence-electron chi connectivity index (χ2n) is 3.30. The molecule has 0 aliphatic heterocycles. The molecule has 0 radical (unpaired) electrons. The molecule has 1 atom stereocenters. The molecular weight excluding hydrogens is 176 g/mol. The third kappa shape index (κ3) is 3.30. The lowest BCUT2D eigenvalue weighted by atomic mass is 10.2. The van der Waals surface area contributed by atoms with Crippen molar-refractivity contribution in [2.45, 2.75) is 33.0 Å². The zero-order valence-electron chi connectivity index (χ0n) is 8.69. The fourth-order valence-corrected chi connectivity index (χ4v) is 1.29. The highest BCUT2D eigenvalue weighted by molar-refractivity contribution is 5.80. The Morgan fingerprint density at radius 1 is 1.36 bits per heavy atom. The van der Waals surface area contributed by atoms with Crippen molar-refractivity contribution < 1.29 is 9.53 Å².